The Bertz CT molecular complexity index is 785. The molecule has 0 aromatic heterocycles. The summed E-state index contributed by atoms with van der Waals surface area (Å²) in [6, 6.07) is 25.9. The molecule has 22 heavy (non-hydrogen) atoms. The van der Waals surface area contributed by atoms with Gasteiger partial charge in [0, 0.05) is 11.6 Å². The summed E-state index contributed by atoms with van der Waals surface area (Å²) in [5.74, 6) is 0. The summed E-state index contributed by atoms with van der Waals surface area (Å²) in [5.41, 5.74) is 0.665. The molecule has 0 fully saturated rings. The van der Waals surface area contributed by atoms with E-state index in [0.29, 0.717) is 5.56 Å². The van der Waals surface area contributed by atoms with Crippen LogP contribution < -0.4 is 15.9 Å². The van der Waals surface area contributed by atoms with Crippen LogP contribution in [-0.4, -0.2) is 6.29 Å². The number of benzene rings is 3. The molecule has 0 aliphatic rings. The number of carbonyl (C=O) groups excluding carboxylic acids is 1. The van der Waals surface area contributed by atoms with E-state index < -0.39 is 6.04 Å². The first kappa shape index (κ1) is 14.9. The average Bonchev–Trinajstić information content (AvgIpc) is 2.62. The highest BCUT2D eigenvalue weighted by atomic mass is 32.4. The quantitative estimate of drug-likeness (QED) is 0.542. The first-order chi connectivity index (χ1) is 10.7. The molecular formula is C19H15OPS. The molecule has 0 aliphatic heterocycles. The molecule has 0 N–H and O–H groups in total. The molecule has 108 valence electrons. The molecule has 0 spiro atoms. The maximum absolute atomic E-state index is 11.1. The standard InChI is InChI=1S/C19H15OPS/c20-15-16-8-7-13-19(14-16)21(22,17-9-3-1-4-10-17)18-11-5-2-6-12-18/h1-15H. The summed E-state index contributed by atoms with van der Waals surface area (Å²) in [6.07, 6.45) is 0.874. The van der Waals surface area contributed by atoms with Gasteiger partial charge in [0.1, 0.15) is 6.29 Å². The van der Waals surface area contributed by atoms with Crippen LogP contribution in [0.3, 0.4) is 0 Å². The van der Waals surface area contributed by atoms with Crippen LogP contribution in [-0.2, 0) is 11.8 Å². The van der Waals surface area contributed by atoms with Crippen LogP contribution in [0.2, 0.25) is 0 Å². The molecule has 3 heteroatoms. The summed E-state index contributed by atoms with van der Waals surface area (Å²) < 4.78 is 0. The Morgan fingerprint density at radius 2 is 1.18 bits per heavy atom. The SMILES string of the molecule is O=Cc1cccc(P(=S)(c2ccccc2)c2ccccc2)c1. The van der Waals surface area contributed by atoms with Crippen LogP contribution in [0.15, 0.2) is 84.9 Å². The Morgan fingerprint density at radius 3 is 1.68 bits per heavy atom. The molecule has 0 saturated heterocycles. The predicted molar refractivity (Wildman–Crippen MR) is 97.9 cm³/mol. The monoisotopic (exact) mass is 322 g/mol. The maximum atomic E-state index is 11.1. The van der Waals surface area contributed by atoms with Crippen molar-refractivity contribution in [2.75, 3.05) is 0 Å². The van der Waals surface area contributed by atoms with Crippen molar-refractivity contribution in [2.45, 2.75) is 0 Å². The molecule has 0 radical (unpaired) electrons. The molecule has 0 heterocycles. The molecule has 1 nitrogen and oxygen atoms in total. The van der Waals surface area contributed by atoms with E-state index in [1.807, 2.05) is 60.7 Å². The summed E-state index contributed by atoms with van der Waals surface area (Å²) >= 11 is 6.20. The molecule has 0 saturated carbocycles. The van der Waals surface area contributed by atoms with Crippen molar-refractivity contribution in [3.8, 4) is 0 Å². The average molecular weight is 322 g/mol. The third-order valence-electron chi connectivity index (χ3n) is 3.61. The van der Waals surface area contributed by atoms with Crippen LogP contribution in [0.1, 0.15) is 10.4 Å². The summed E-state index contributed by atoms with van der Waals surface area (Å²) in [6.45, 7) is 0. The Morgan fingerprint density at radius 1 is 0.682 bits per heavy atom. The van der Waals surface area contributed by atoms with Gasteiger partial charge in [0.15, 0.2) is 0 Å². The largest absolute Gasteiger partial charge is 0.298 e. The zero-order chi connectivity index (χ0) is 15.4. The van der Waals surface area contributed by atoms with Crippen molar-refractivity contribution in [3.05, 3.63) is 90.5 Å². The van der Waals surface area contributed by atoms with Crippen molar-refractivity contribution < 1.29 is 4.79 Å². The molecule has 3 aromatic carbocycles. The predicted octanol–water partition coefficient (Wildman–Crippen LogP) is 3.25. The normalized spacial score (nSPS) is 11.1. The van der Waals surface area contributed by atoms with Gasteiger partial charge in [-0.25, -0.2) is 0 Å². The molecule has 0 amide bonds. The van der Waals surface area contributed by atoms with Gasteiger partial charge >= 0.3 is 0 Å². The Balaban J connectivity index is 2.28. The van der Waals surface area contributed by atoms with E-state index in [4.69, 9.17) is 11.8 Å². The number of carbonyl (C=O) groups is 1. The van der Waals surface area contributed by atoms with Crippen LogP contribution in [0.25, 0.3) is 0 Å². The van der Waals surface area contributed by atoms with Crippen LogP contribution in [0, 0.1) is 0 Å². The first-order valence-electron chi connectivity index (χ1n) is 7.02. The second-order valence-corrected chi connectivity index (χ2v) is 9.40. The number of rotatable bonds is 4. The van der Waals surface area contributed by atoms with Gasteiger partial charge < -0.3 is 0 Å². The minimum atomic E-state index is -2.14. The minimum absolute atomic E-state index is 0.665. The van der Waals surface area contributed by atoms with Gasteiger partial charge in [-0.05, 0) is 22.0 Å². The smallest absolute Gasteiger partial charge is 0.150 e. The minimum Gasteiger partial charge on any atom is -0.298 e. The Kier molecular flexibility index (Phi) is 4.33. The molecule has 0 atom stereocenters. The lowest BCUT2D eigenvalue weighted by Gasteiger charge is -2.24. The van der Waals surface area contributed by atoms with E-state index in [9.17, 15) is 4.79 Å². The van der Waals surface area contributed by atoms with E-state index in [-0.39, 0.29) is 0 Å². The van der Waals surface area contributed by atoms with Crippen molar-refractivity contribution >= 4 is 40.0 Å². The van der Waals surface area contributed by atoms with Gasteiger partial charge in [0.2, 0.25) is 0 Å². The summed E-state index contributed by atoms with van der Waals surface area (Å²) in [5, 5.41) is 3.32. The highest BCUT2D eigenvalue weighted by Gasteiger charge is 2.24. The molecule has 0 unspecified atom stereocenters. The van der Waals surface area contributed by atoms with E-state index in [1.165, 1.54) is 0 Å². The van der Waals surface area contributed by atoms with Gasteiger partial charge in [-0.15, -0.1) is 0 Å². The highest BCUT2D eigenvalue weighted by molar-refractivity contribution is 8.25. The summed E-state index contributed by atoms with van der Waals surface area (Å²) in [7, 11) is 0. The lowest BCUT2D eigenvalue weighted by molar-refractivity contribution is 0.112. The van der Waals surface area contributed by atoms with E-state index >= 15 is 0 Å². The number of aldehydes is 1. The highest BCUT2D eigenvalue weighted by Crippen LogP contribution is 2.42. The topological polar surface area (TPSA) is 17.1 Å². The lowest BCUT2D eigenvalue weighted by Crippen LogP contribution is -2.24. The fourth-order valence-electron chi connectivity index (χ4n) is 2.52. The van der Waals surface area contributed by atoms with Gasteiger partial charge in [-0.2, -0.15) is 0 Å². The van der Waals surface area contributed by atoms with Crippen molar-refractivity contribution in [1.82, 2.24) is 0 Å². The van der Waals surface area contributed by atoms with E-state index in [1.54, 1.807) is 0 Å². The van der Waals surface area contributed by atoms with Crippen molar-refractivity contribution in [1.29, 1.82) is 0 Å². The molecule has 3 aromatic rings. The molecule has 0 aliphatic carbocycles. The van der Waals surface area contributed by atoms with Gasteiger partial charge in [0.25, 0.3) is 0 Å². The third kappa shape index (κ3) is 2.68. The fraction of sp³-hybridized carbons (Fsp3) is 0. The van der Waals surface area contributed by atoms with Crippen molar-refractivity contribution in [3.63, 3.8) is 0 Å². The molecular weight excluding hydrogens is 307 g/mol. The van der Waals surface area contributed by atoms with Gasteiger partial charge in [0.05, 0.1) is 0 Å². The lowest BCUT2D eigenvalue weighted by atomic mass is 10.2. The zero-order valence-electron chi connectivity index (χ0n) is 11.9. The fourth-order valence-corrected chi connectivity index (χ4v) is 6.29. The van der Waals surface area contributed by atoms with Crippen molar-refractivity contribution in [2.24, 2.45) is 0 Å². The third-order valence-corrected chi connectivity index (χ3v) is 8.56. The second-order valence-electron chi connectivity index (χ2n) is 4.99. The van der Waals surface area contributed by atoms with E-state index in [0.717, 1.165) is 22.2 Å². The molecule has 0 bridgehead atoms. The number of hydrogen-bond donors (Lipinski definition) is 0. The Labute approximate surface area is 135 Å². The second kappa shape index (κ2) is 6.39. The summed E-state index contributed by atoms with van der Waals surface area (Å²) in [4.78, 5) is 11.1. The van der Waals surface area contributed by atoms with Crippen LogP contribution in [0.5, 0.6) is 0 Å². The van der Waals surface area contributed by atoms with Crippen LogP contribution in [0.4, 0.5) is 0 Å². The van der Waals surface area contributed by atoms with Gasteiger partial charge in [-0.1, -0.05) is 90.7 Å². The van der Waals surface area contributed by atoms with Gasteiger partial charge in [-0.3, -0.25) is 4.79 Å². The number of hydrogen-bond acceptors (Lipinski definition) is 2. The zero-order valence-corrected chi connectivity index (χ0v) is 13.6. The van der Waals surface area contributed by atoms with E-state index in [2.05, 4.69) is 24.3 Å². The molecule has 3 rings (SSSR count). The Hall–Kier alpha value is -2.02. The maximum Gasteiger partial charge on any atom is 0.150 e. The van der Waals surface area contributed by atoms with Crippen LogP contribution >= 0.6 is 6.04 Å². The first-order valence-corrected chi connectivity index (χ1v) is 9.82.